The number of amides is 2. The molecule has 5 nitrogen and oxygen atoms in total. The molecule has 1 saturated heterocycles. The standard InChI is InChI=1S/C18H31N3O2/c22-17(15-4-1-2-5-15)19-9-11-21-10-3-6-16(13-21)18(23)20-12-14-7-8-14/h14-16H,1-13H2,(H,19,22)(H,20,23)/t16-/m1/s1. The molecule has 2 amide bonds. The number of carbonyl (C=O) groups excluding carboxylic acids is 2. The van der Waals surface area contributed by atoms with E-state index in [1.54, 1.807) is 0 Å². The lowest BCUT2D eigenvalue weighted by Crippen LogP contribution is -2.46. The molecule has 0 aromatic carbocycles. The van der Waals surface area contributed by atoms with E-state index in [1.807, 2.05) is 0 Å². The van der Waals surface area contributed by atoms with Crippen LogP contribution in [-0.4, -0.2) is 49.4 Å². The molecule has 0 unspecified atom stereocenters. The number of hydrogen-bond donors (Lipinski definition) is 2. The van der Waals surface area contributed by atoms with Gasteiger partial charge in [-0.3, -0.25) is 9.59 Å². The van der Waals surface area contributed by atoms with Gasteiger partial charge in [0.05, 0.1) is 5.92 Å². The maximum Gasteiger partial charge on any atom is 0.224 e. The van der Waals surface area contributed by atoms with E-state index in [9.17, 15) is 9.59 Å². The predicted molar refractivity (Wildman–Crippen MR) is 89.9 cm³/mol. The molecule has 130 valence electrons. The second-order valence-electron chi connectivity index (χ2n) is 7.60. The van der Waals surface area contributed by atoms with Crippen molar-refractivity contribution in [1.29, 1.82) is 0 Å². The van der Waals surface area contributed by atoms with Crippen LogP contribution in [0.3, 0.4) is 0 Å². The van der Waals surface area contributed by atoms with Crippen LogP contribution in [0.25, 0.3) is 0 Å². The summed E-state index contributed by atoms with van der Waals surface area (Å²) in [6.07, 6.45) is 9.14. The van der Waals surface area contributed by atoms with E-state index in [0.717, 1.165) is 57.8 Å². The second kappa shape index (κ2) is 8.13. The van der Waals surface area contributed by atoms with E-state index in [1.165, 1.54) is 25.7 Å². The minimum absolute atomic E-state index is 0.132. The Morgan fingerprint density at radius 1 is 0.870 bits per heavy atom. The van der Waals surface area contributed by atoms with Gasteiger partial charge in [-0.2, -0.15) is 0 Å². The van der Waals surface area contributed by atoms with Crippen LogP contribution in [0, 0.1) is 17.8 Å². The number of nitrogens with one attached hydrogen (secondary N) is 2. The van der Waals surface area contributed by atoms with Crippen molar-refractivity contribution in [3.05, 3.63) is 0 Å². The van der Waals surface area contributed by atoms with E-state index < -0.39 is 0 Å². The van der Waals surface area contributed by atoms with Gasteiger partial charge in [0.1, 0.15) is 0 Å². The fourth-order valence-electron chi connectivity index (χ4n) is 3.85. The first-order valence-corrected chi connectivity index (χ1v) is 9.50. The number of piperidine rings is 1. The van der Waals surface area contributed by atoms with Crippen molar-refractivity contribution < 1.29 is 9.59 Å². The Morgan fingerprint density at radius 2 is 1.57 bits per heavy atom. The quantitative estimate of drug-likeness (QED) is 0.747. The molecular formula is C18H31N3O2. The maximum absolute atomic E-state index is 12.2. The second-order valence-corrected chi connectivity index (χ2v) is 7.60. The first-order chi connectivity index (χ1) is 11.2. The van der Waals surface area contributed by atoms with Crippen LogP contribution >= 0.6 is 0 Å². The monoisotopic (exact) mass is 321 g/mol. The van der Waals surface area contributed by atoms with Crippen LogP contribution in [0.5, 0.6) is 0 Å². The van der Waals surface area contributed by atoms with Gasteiger partial charge in [-0.05, 0) is 51.0 Å². The molecule has 3 rings (SSSR count). The highest BCUT2D eigenvalue weighted by atomic mass is 16.2. The zero-order valence-corrected chi connectivity index (χ0v) is 14.2. The largest absolute Gasteiger partial charge is 0.356 e. The van der Waals surface area contributed by atoms with Gasteiger partial charge in [-0.25, -0.2) is 0 Å². The maximum atomic E-state index is 12.2. The number of rotatable bonds is 7. The molecule has 2 aliphatic carbocycles. The van der Waals surface area contributed by atoms with E-state index >= 15 is 0 Å². The Kier molecular flexibility index (Phi) is 5.92. The molecule has 1 aliphatic heterocycles. The number of likely N-dealkylation sites (tertiary alicyclic amines) is 1. The summed E-state index contributed by atoms with van der Waals surface area (Å²) in [6.45, 7) is 4.34. The summed E-state index contributed by atoms with van der Waals surface area (Å²) in [5.74, 6) is 1.59. The Labute approximate surface area is 139 Å². The van der Waals surface area contributed by atoms with Crippen molar-refractivity contribution in [3.63, 3.8) is 0 Å². The molecule has 0 aromatic rings. The van der Waals surface area contributed by atoms with Crippen molar-refractivity contribution in [2.24, 2.45) is 17.8 Å². The molecule has 2 saturated carbocycles. The van der Waals surface area contributed by atoms with E-state index in [4.69, 9.17) is 0 Å². The van der Waals surface area contributed by atoms with Gasteiger partial charge in [-0.1, -0.05) is 12.8 Å². The topological polar surface area (TPSA) is 61.4 Å². The van der Waals surface area contributed by atoms with Gasteiger partial charge in [0.15, 0.2) is 0 Å². The summed E-state index contributed by atoms with van der Waals surface area (Å²) in [5.41, 5.74) is 0. The zero-order valence-electron chi connectivity index (χ0n) is 14.2. The van der Waals surface area contributed by atoms with Crippen LogP contribution in [0.2, 0.25) is 0 Å². The zero-order chi connectivity index (χ0) is 16.1. The highest BCUT2D eigenvalue weighted by Gasteiger charge is 2.28. The van der Waals surface area contributed by atoms with E-state index in [2.05, 4.69) is 15.5 Å². The number of carbonyl (C=O) groups is 2. The molecule has 23 heavy (non-hydrogen) atoms. The fourth-order valence-corrected chi connectivity index (χ4v) is 3.85. The molecule has 0 aromatic heterocycles. The summed E-state index contributed by atoms with van der Waals surface area (Å²) in [6, 6.07) is 0. The average molecular weight is 321 g/mol. The van der Waals surface area contributed by atoms with E-state index in [-0.39, 0.29) is 23.7 Å². The van der Waals surface area contributed by atoms with Crippen molar-refractivity contribution in [1.82, 2.24) is 15.5 Å². The summed E-state index contributed by atoms with van der Waals surface area (Å²) in [7, 11) is 0. The molecule has 0 radical (unpaired) electrons. The normalized spacial score (nSPS) is 26.2. The molecule has 3 aliphatic rings. The van der Waals surface area contributed by atoms with Gasteiger partial charge in [0, 0.05) is 32.1 Å². The molecule has 0 bridgehead atoms. The van der Waals surface area contributed by atoms with Gasteiger partial charge in [0.25, 0.3) is 0 Å². The summed E-state index contributed by atoms with van der Waals surface area (Å²) >= 11 is 0. The lowest BCUT2D eigenvalue weighted by atomic mass is 9.97. The van der Waals surface area contributed by atoms with Gasteiger partial charge < -0.3 is 15.5 Å². The molecule has 5 heteroatoms. The Morgan fingerprint density at radius 3 is 2.30 bits per heavy atom. The third-order valence-corrected chi connectivity index (χ3v) is 5.59. The Balaban J connectivity index is 1.32. The van der Waals surface area contributed by atoms with Crippen LogP contribution in [-0.2, 0) is 9.59 Å². The molecule has 2 N–H and O–H groups in total. The van der Waals surface area contributed by atoms with Crippen molar-refractivity contribution >= 4 is 11.8 Å². The lowest BCUT2D eigenvalue weighted by molar-refractivity contribution is -0.127. The third-order valence-electron chi connectivity index (χ3n) is 5.59. The molecule has 1 atom stereocenters. The first-order valence-electron chi connectivity index (χ1n) is 9.50. The summed E-state index contributed by atoms with van der Waals surface area (Å²) in [4.78, 5) is 26.6. The first kappa shape index (κ1) is 16.7. The predicted octanol–water partition coefficient (Wildman–Crippen LogP) is 1.53. The minimum Gasteiger partial charge on any atom is -0.356 e. The molecule has 1 heterocycles. The molecule has 3 fully saturated rings. The average Bonchev–Trinajstić information content (AvgIpc) is 3.23. The number of hydrogen-bond acceptors (Lipinski definition) is 3. The minimum atomic E-state index is 0.132. The summed E-state index contributed by atoms with van der Waals surface area (Å²) < 4.78 is 0. The van der Waals surface area contributed by atoms with E-state index in [0.29, 0.717) is 6.54 Å². The van der Waals surface area contributed by atoms with Crippen LogP contribution in [0.1, 0.15) is 51.4 Å². The van der Waals surface area contributed by atoms with Gasteiger partial charge in [0.2, 0.25) is 11.8 Å². The van der Waals surface area contributed by atoms with Crippen LogP contribution in [0.15, 0.2) is 0 Å². The Hall–Kier alpha value is -1.10. The smallest absolute Gasteiger partial charge is 0.224 e. The third kappa shape index (κ3) is 5.20. The molecular weight excluding hydrogens is 290 g/mol. The van der Waals surface area contributed by atoms with Gasteiger partial charge in [-0.15, -0.1) is 0 Å². The lowest BCUT2D eigenvalue weighted by Gasteiger charge is -2.32. The van der Waals surface area contributed by atoms with Crippen molar-refractivity contribution in [3.8, 4) is 0 Å². The molecule has 0 spiro atoms. The Bertz CT molecular complexity index is 416. The fraction of sp³-hybridized carbons (Fsp3) is 0.889. The van der Waals surface area contributed by atoms with Gasteiger partial charge >= 0.3 is 0 Å². The van der Waals surface area contributed by atoms with Crippen molar-refractivity contribution in [2.75, 3.05) is 32.7 Å². The number of nitrogens with zero attached hydrogens (tertiary/aromatic N) is 1. The summed E-state index contributed by atoms with van der Waals surface area (Å²) in [5, 5.41) is 6.19. The van der Waals surface area contributed by atoms with Crippen LogP contribution < -0.4 is 10.6 Å². The van der Waals surface area contributed by atoms with Crippen LogP contribution in [0.4, 0.5) is 0 Å². The SMILES string of the molecule is O=C(NCCN1CCC[C@@H](C(=O)NCC2CC2)C1)C1CCCC1. The highest BCUT2D eigenvalue weighted by molar-refractivity contribution is 5.79. The highest BCUT2D eigenvalue weighted by Crippen LogP contribution is 2.28. The van der Waals surface area contributed by atoms with Crippen molar-refractivity contribution in [2.45, 2.75) is 51.4 Å².